The number of hydrogen-bond acceptors (Lipinski definition) is 4. The van der Waals surface area contributed by atoms with Gasteiger partial charge >= 0.3 is 0 Å². The van der Waals surface area contributed by atoms with Gasteiger partial charge in [0.05, 0.1) is 11.4 Å². The minimum atomic E-state index is -0.0544. The molecule has 2 rings (SSSR count). The summed E-state index contributed by atoms with van der Waals surface area (Å²) in [5.74, 6) is 1.10. The van der Waals surface area contributed by atoms with Crippen molar-refractivity contribution < 1.29 is 14.3 Å². The monoisotopic (exact) mass is 284 g/mol. The highest BCUT2D eigenvalue weighted by Crippen LogP contribution is 2.38. The molecule has 0 aliphatic carbocycles. The number of halogens is 1. The van der Waals surface area contributed by atoms with Gasteiger partial charge in [0, 0.05) is 6.54 Å². The van der Waals surface area contributed by atoms with Crippen LogP contribution >= 0.6 is 11.6 Å². The maximum Gasteiger partial charge on any atom is 0.224 e. The molecule has 0 atom stereocenters. The Morgan fingerprint density at radius 1 is 1.37 bits per heavy atom. The molecule has 1 amide bonds. The molecule has 0 radical (unpaired) electrons. The summed E-state index contributed by atoms with van der Waals surface area (Å²) in [4.78, 5) is 11.7. The predicted molar refractivity (Wildman–Crippen MR) is 72.8 cm³/mol. The summed E-state index contributed by atoms with van der Waals surface area (Å²) in [5.41, 5.74) is 6.17. The molecule has 1 aliphatic heterocycles. The van der Waals surface area contributed by atoms with Gasteiger partial charge in [0.1, 0.15) is 13.2 Å². The molecule has 1 aromatic rings. The number of benzene rings is 1. The zero-order valence-electron chi connectivity index (χ0n) is 10.6. The molecular formula is C13H17ClN2O3. The zero-order chi connectivity index (χ0) is 13.7. The second kappa shape index (κ2) is 6.63. The van der Waals surface area contributed by atoms with Crippen LogP contribution < -0.4 is 20.5 Å². The molecule has 19 heavy (non-hydrogen) atoms. The van der Waals surface area contributed by atoms with Crippen molar-refractivity contribution in [2.45, 2.75) is 12.8 Å². The Labute approximate surface area is 117 Å². The highest BCUT2D eigenvalue weighted by Gasteiger charge is 2.17. The molecule has 0 fully saturated rings. The number of rotatable bonds is 5. The van der Waals surface area contributed by atoms with Gasteiger partial charge in [-0.3, -0.25) is 4.79 Å². The zero-order valence-corrected chi connectivity index (χ0v) is 11.3. The molecule has 3 N–H and O–H groups in total. The van der Waals surface area contributed by atoms with E-state index in [-0.39, 0.29) is 12.3 Å². The van der Waals surface area contributed by atoms with Crippen molar-refractivity contribution in [3.63, 3.8) is 0 Å². The first kappa shape index (κ1) is 14.0. The first-order valence-electron chi connectivity index (χ1n) is 6.25. The molecule has 5 nitrogen and oxygen atoms in total. The van der Waals surface area contributed by atoms with Crippen molar-refractivity contribution in [1.29, 1.82) is 0 Å². The van der Waals surface area contributed by atoms with Crippen molar-refractivity contribution in [3.8, 4) is 11.5 Å². The minimum Gasteiger partial charge on any atom is -0.486 e. The van der Waals surface area contributed by atoms with Crippen LogP contribution in [0, 0.1) is 0 Å². The van der Waals surface area contributed by atoms with Crippen LogP contribution in [-0.2, 0) is 11.2 Å². The van der Waals surface area contributed by atoms with E-state index in [1.54, 1.807) is 12.1 Å². The second-order valence-electron chi connectivity index (χ2n) is 4.27. The number of ether oxygens (including phenoxy) is 2. The average molecular weight is 285 g/mol. The Morgan fingerprint density at radius 2 is 2.16 bits per heavy atom. The molecule has 1 aliphatic rings. The molecule has 104 valence electrons. The van der Waals surface area contributed by atoms with E-state index in [1.807, 2.05) is 0 Å². The van der Waals surface area contributed by atoms with E-state index in [4.69, 9.17) is 26.8 Å². The average Bonchev–Trinajstić information content (AvgIpc) is 2.39. The van der Waals surface area contributed by atoms with Gasteiger partial charge in [0.15, 0.2) is 11.5 Å². The van der Waals surface area contributed by atoms with E-state index in [0.717, 1.165) is 12.0 Å². The Bertz CT molecular complexity index is 465. The van der Waals surface area contributed by atoms with Crippen LogP contribution in [0.1, 0.15) is 12.0 Å². The summed E-state index contributed by atoms with van der Waals surface area (Å²) < 4.78 is 10.9. The van der Waals surface area contributed by atoms with Gasteiger partial charge in [0.25, 0.3) is 0 Å². The number of hydrogen-bond donors (Lipinski definition) is 2. The molecule has 0 saturated heterocycles. The molecule has 1 aromatic carbocycles. The second-order valence-corrected chi connectivity index (χ2v) is 4.68. The normalized spacial score (nSPS) is 13.2. The topological polar surface area (TPSA) is 73.6 Å². The molecule has 0 unspecified atom stereocenters. The van der Waals surface area contributed by atoms with Gasteiger partial charge in [-0.05, 0) is 30.7 Å². The third kappa shape index (κ3) is 3.75. The summed E-state index contributed by atoms with van der Waals surface area (Å²) in [6.45, 7) is 2.14. The standard InChI is InChI=1S/C13H17ClN2O3/c14-10-6-9(8-12(17)16-3-1-2-15)7-11-13(10)19-5-4-18-11/h6-7H,1-5,8,15H2,(H,16,17). The van der Waals surface area contributed by atoms with E-state index in [2.05, 4.69) is 5.32 Å². The van der Waals surface area contributed by atoms with E-state index >= 15 is 0 Å². The van der Waals surface area contributed by atoms with Crippen LogP contribution in [0.4, 0.5) is 0 Å². The summed E-state index contributed by atoms with van der Waals surface area (Å²) >= 11 is 6.10. The van der Waals surface area contributed by atoms with E-state index in [9.17, 15) is 4.79 Å². The fourth-order valence-corrected chi connectivity index (χ4v) is 2.13. The van der Waals surface area contributed by atoms with Crippen LogP contribution in [0.5, 0.6) is 11.5 Å². The van der Waals surface area contributed by atoms with Crippen molar-refractivity contribution in [2.24, 2.45) is 5.73 Å². The van der Waals surface area contributed by atoms with Gasteiger partial charge in [-0.25, -0.2) is 0 Å². The lowest BCUT2D eigenvalue weighted by atomic mass is 10.1. The third-order valence-electron chi connectivity index (χ3n) is 2.72. The van der Waals surface area contributed by atoms with Crippen LogP contribution in [0.15, 0.2) is 12.1 Å². The van der Waals surface area contributed by atoms with Crippen LogP contribution in [0.2, 0.25) is 5.02 Å². The summed E-state index contributed by atoms with van der Waals surface area (Å²) in [7, 11) is 0. The van der Waals surface area contributed by atoms with Gasteiger partial charge < -0.3 is 20.5 Å². The van der Waals surface area contributed by atoms with Crippen LogP contribution in [-0.4, -0.2) is 32.2 Å². The maximum absolute atomic E-state index is 11.7. The summed E-state index contributed by atoms with van der Waals surface area (Å²) in [6, 6.07) is 3.53. The van der Waals surface area contributed by atoms with E-state index in [0.29, 0.717) is 42.8 Å². The first-order valence-corrected chi connectivity index (χ1v) is 6.63. The van der Waals surface area contributed by atoms with Crippen LogP contribution in [0.25, 0.3) is 0 Å². The number of amides is 1. The predicted octanol–water partition coefficient (Wildman–Crippen LogP) is 1.12. The number of carbonyl (C=O) groups is 1. The summed E-state index contributed by atoms with van der Waals surface area (Å²) in [6.07, 6.45) is 1.04. The SMILES string of the molecule is NCCCNC(=O)Cc1cc(Cl)c2c(c1)OCCO2. The molecule has 0 bridgehead atoms. The lowest BCUT2D eigenvalue weighted by Crippen LogP contribution is -2.27. The van der Waals surface area contributed by atoms with Crippen molar-refractivity contribution in [2.75, 3.05) is 26.3 Å². The lowest BCUT2D eigenvalue weighted by Gasteiger charge is -2.20. The highest BCUT2D eigenvalue weighted by molar-refractivity contribution is 6.32. The Kier molecular flexibility index (Phi) is 4.87. The number of carbonyl (C=O) groups excluding carboxylic acids is 1. The minimum absolute atomic E-state index is 0.0544. The number of nitrogens with two attached hydrogens (primary N) is 1. The largest absolute Gasteiger partial charge is 0.486 e. The van der Waals surface area contributed by atoms with Crippen molar-refractivity contribution in [3.05, 3.63) is 22.7 Å². The molecule has 0 spiro atoms. The van der Waals surface area contributed by atoms with Gasteiger partial charge in [-0.1, -0.05) is 11.6 Å². The van der Waals surface area contributed by atoms with Gasteiger partial charge in [0.2, 0.25) is 5.91 Å². The number of nitrogens with one attached hydrogen (secondary N) is 1. The fourth-order valence-electron chi connectivity index (χ4n) is 1.84. The Balaban J connectivity index is 2.01. The quantitative estimate of drug-likeness (QED) is 0.795. The van der Waals surface area contributed by atoms with Gasteiger partial charge in [-0.2, -0.15) is 0 Å². The molecular weight excluding hydrogens is 268 g/mol. The maximum atomic E-state index is 11.7. The third-order valence-corrected chi connectivity index (χ3v) is 3.01. The molecule has 0 aromatic heterocycles. The fraction of sp³-hybridized carbons (Fsp3) is 0.462. The Morgan fingerprint density at radius 3 is 2.95 bits per heavy atom. The van der Waals surface area contributed by atoms with Gasteiger partial charge in [-0.15, -0.1) is 0 Å². The smallest absolute Gasteiger partial charge is 0.224 e. The van der Waals surface area contributed by atoms with E-state index in [1.165, 1.54) is 0 Å². The van der Waals surface area contributed by atoms with Crippen molar-refractivity contribution in [1.82, 2.24) is 5.32 Å². The Hall–Kier alpha value is -1.46. The molecule has 6 heteroatoms. The van der Waals surface area contributed by atoms with Crippen molar-refractivity contribution >= 4 is 17.5 Å². The highest BCUT2D eigenvalue weighted by atomic mass is 35.5. The molecule has 0 saturated carbocycles. The first-order chi connectivity index (χ1) is 9.20. The lowest BCUT2D eigenvalue weighted by molar-refractivity contribution is -0.120. The molecule has 1 heterocycles. The number of fused-ring (bicyclic) bond motifs is 1. The summed E-state index contributed by atoms with van der Waals surface area (Å²) in [5, 5.41) is 3.27. The van der Waals surface area contributed by atoms with Crippen LogP contribution in [0.3, 0.4) is 0 Å². The van der Waals surface area contributed by atoms with E-state index < -0.39 is 0 Å².